The van der Waals surface area contributed by atoms with E-state index in [1.54, 1.807) is 6.92 Å². The first-order valence-corrected chi connectivity index (χ1v) is 5.84. The number of rotatable bonds is 5. The quantitative estimate of drug-likeness (QED) is 0.627. The number of hydrogen-bond acceptors (Lipinski definition) is 3. The van der Waals surface area contributed by atoms with E-state index in [0.717, 1.165) is 11.4 Å². The molecule has 0 aromatic heterocycles. The Bertz CT molecular complexity index is 382. The molecule has 0 saturated carbocycles. The molecule has 0 unspecified atom stereocenters. The van der Waals surface area contributed by atoms with E-state index in [-0.39, 0.29) is 11.9 Å². The molecule has 0 atom stereocenters. The molecule has 1 N–H and O–H groups in total. The second-order valence-electron chi connectivity index (χ2n) is 4.00. The van der Waals surface area contributed by atoms with Gasteiger partial charge in [-0.25, -0.2) is 4.79 Å². The van der Waals surface area contributed by atoms with Crippen molar-refractivity contribution >= 4 is 11.7 Å². The minimum atomic E-state index is -0.306. The van der Waals surface area contributed by atoms with E-state index in [1.165, 1.54) is 6.08 Å². The molecule has 0 fully saturated rings. The van der Waals surface area contributed by atoms with E-state index in [0.29, 0.717) is 6.61 Å². The molecule has 0 saturated heterocycles. The number of para-hydroxylation sites is 1. The minimum absolute atomic E-state index is 0.236. The predicted octanol–water partition coefficient (Wildman–Crippen LogP) is 3.20. The van der Waals surface area contributed by atoms with Gasteiger partial charge >= 0.3 is 5.97 Å². The Labute approximate surface area is 102 Å². The molecule has 0 aliphatic heterocycles. The molecule has 0 amide bonds. The van der Waals surface area contributed by atoms with Crippen molar-refractivity contribution in [3.8, 4) is 0 Å². The Kier molecular flexibility index (Phi) is 5.27. The van der Waals surface area contributed by atoms with E-state index >= 15 is 0 Å². The Balaban J connectivity index is 2.77. The molecule has 92 valence electrons. The zero-order valence-corrected chi connectivity index (χ0v) is 10.6. The number of anilines is 1. The number of ether oxygens (including phenoxy) is 1. The first-order valence-electron chi connectivity index (χ1n) is 5.84. The summed E-state index contributed by atoms with van der Waals surface area (Å²) < 4.78 is 4.90. The Hall–Kier alpha value is -1.77. The maximum Gasteiger partial charge on any atom is 0.332 e. The Morgan fingerprint density at radius 2 is 2.00 bits per heavy atom. The number of nitrogens with one attached hydrogen (secondary N) is 1. The summed E-state index contributed by atoms with van der Waals surface area (Å²) in [5, 5.41) is 3.23. The van der Waals surface area contributed by atoms with Crippen LogP contribution in [0.5, 0.6) is 0 Å². The van der Waals surface area contributed by atoms with Crippen LogP contribution in [0.2, 0.25) is 0 Å². The number of benzene rings is 1. The lowest BCUT2D eigenvalue weighted by atomic mass is 10.1. The predicted molar refractivity (Wildman–Crippen MR) is 69.6 cm³/mol. The summed E-state index contributed by atoms with van der Waals surface area (Å²) >= 11 is 0. The number of carbonyl (C=O) groups is 1. The fourth-order valence-corrected chi connectivity index (χ4v) is 1.35. The van der Waals surface area contributed by atoms with Crippen LogP contribution in [0.1, 0.15) is 20.8 Å². The summed E-state index contributed by atoms with van der Waals surface area (Å²) in [5.74, 6) is -0.0701. The van der Waals surface area contributed by atoms with E-state index in [4.69, 9.17) is 4.74 Å². The van der Waals surface area contributed by atoms with Gasteiger partial charge in [0.1, 0.15) is 0 Å². The van der Waals surface area contributed by atoms with E-state index in [9.17, 15) is 4.79 Å². The third-order valence-electron chi connectivity index (χ3n) is 2.24. The summed E-state index contributed by atoms with van der Waals surface area (Å²) in [6.07, 6.45) is 1.52. The van der Waals surface area contributed by atoms with Crippen LogP contribution in [-0.2, 0) is 9.53 Å². The van der Waals surface area contributed by atoms with Crippen molar-refractivity contribution in [2.24, 2.45) is 5.92 Å². The normalized spacial score (nSPS) is 11.4. The number of esters is 1. The summed E-state index contributed by atoms with van der Waals surface area (Å²) in [6.45, 7) is 6.25. The summed E-state index contributed by atoms with van der Waals surface area (Å²) in [4.78, 5) is 11.4. The van der Waals surface area contributed by atoms with Gasteiger partial charge in [0, 0.05) is 17.5 Å². The molecule has 0 radical (unpaired) electrons. The lowest BCUT2D eigenvalue weighted by Crippen LogP contribution is -2.10. The van der Waals surface area contributed by atoms with Crippen LogP contribution in [0.3, 0.4) is 0 Å². The first-order chi connectivity index (χ1) is 8.13. The van der Waals surface area contributed by atoms with E-state index < -0.39 is 0 Å². The fourth-order valence-electron chi connectivity index (χ4n) is 1.35. The van der Waals surface area contributed by atoms with E-state index in [2.05, 4.69) is 5.32 Å². The summed E-state index contributed by atoms with van der Waals surface area (Å²) in [6, 6.07) is 9.77. The third-order valence-corrected chi connectivity index (χ3v) is 2.24. The molecule has 0 aliphatic carbocycles. The minimum Gasteiger partial charge on any atom is -0.463 e. The van der Waals surface area contributed by atoms with Crippen molar-refractivity contribution in [3.05, 3.63) is 42.1 Å². The molecule has 0 aliphatic rings. The maximum atomic E-state index is 11.4. The second-order valence-corrected chi connectivity index (χ2v) is 4.00. The van der Waals surface area contributed by atoms with Gasteiger partial charge in [-0.2, -0.15) is 0 Å². The van der Waals surface area contributed by atoms with Gasteiger partial charge in [-0.3, -0.25) is 0 Å². The van der Waals surface area contributed by atoms with Crippen molar-refractivity contribution in [2.75, 3.05) is 11.9 Å². The molecule has 1 rings (SSSR count). The molecule has 0 spiro atoms. The van der Waals surface area contributed by atoms with Crippen LogP contribution in [0.25, 0.3) is 0 Å². The average Bonchev–Trinajstić information content (AvgIpc) is 2.29. The highest BCUT2D eigenvalue weighted by Gasteiger charge is 2.07. The number of carbonyl (C=O) groups excluding carboxylic acids is 1. The van der Waals surface area contributed by atoms with Crippen molar-refractivity contribution in [2.45, 2.75) is 20.8 Å². The molecule has 17 heavy (non-hydrogen) atoms. The monoisotopic (exact) mass is 233 g/mol. The highest BCUT2D eigenvalue weighted by Crippen LogP contribution is 2.15. The molecular weight excluding hydrogens is 214 g/mol. The van der Waals surface area contributed by atoms with Gasteiger partial charge in [0.15, 0.2) is 0 Å². The Morgan fingerprint density at radius 1 is 1.35 bits per heavy atom. The molecule has 0 bridgehead atoms. The highest BCUT2D eigenvalue weighted by molar-refractivity contribution is 5.83. The molecule has 0 heterocycles. The molecular formula is C14H19NO2. The van der Waals surface area contributed by atoms with E-state index in [1.807, 2.05) is 44.2 Å². The van der Waals surface area contributed by atoms with Crippen LogP contribution >= 0.6 is 0 Å². The third kappa shape index (κ3) is 4.72. The molecule has 3 heteroatoms. The summed E-state index contributed by atoms with van der Waals surface area (Å²) in [5.41, 5.74) is 1.83. The van der Waals surface area contributed by atoms with Crippen LogP contribution < -0.4 is 5.32 Å². The van der Waals surface area contributed by atoms with Crippen molar-refractivity contribution < 1.29 is 9.53 Å². The first kappa shape index (κ1) is 13.3. The second kappa shape index (κ2) is 6.74. The Morgan fingerprint density at radius 3 is 2.53 bits per heavy atom. The van der Waals surface area contributed by atoms with Crippen LogP contribution in [0.4, 0.5) is 5.69 Å². The molecule has 1 aromatic carbocycles. The van der Waals surface area contributed by atoms with Crippen molar-refractivity contribution in [3.63, 3.8) is 0 Å². The van der Waals surface area contributed by atoms with Gasteiger partial charge in [-0.15, -0.1) is 0 Å². The zero-order chi connectivity index (χ0) is 12.7. The SMILES string of the molecule is CCOC(=O)C=C(Nc1ccccc1)C(C)C. The maximum absolute atomic E-state index is 11.4. The smallest absolute Gasteiger partial charge is 0.332 e. The van der Waals surface area contributed by atoms with Crippen LogP contribution in [-0.4, -0.2) is 12.6 Å². The van der Waals surface area contributed by atoms with Gasteiger partial charge < -0.3 is 10.1 Å². The topological polar surface area (TPSA) is 38.3 Å². The zero-order valence-electron chi connectivity index (χ0n) is 10.6. The largest absolute Gasteiger partial charge is 0.463 e. The summed E-state index contributed by atoms with van der Waals surface area (Å²) in [7, 11) is 0. The number of allylic oxidation sites excluding steroid dienone is 1. The van der Waals surface area contributed by atoms with Crippen LogP contribution in [0.15, 0.2) is 42.1 Å². The molecule has 3 nitrogen and oxygen atoms in total. The molecule has 1 aromatic rings. The van der Waals surface area contributed by atoms with Gasteiger partial charge in [-0.1, -0.05) is 32.0 Å². The van der Waals surface area contributed by atoms with Crippen molar-refractivity contribution in [1.29, 1.82) is 0 Å². The highest BCUT2D eigenvalue weighted by atomic mass is 16.5. The van der Waals surface area contributed by atoms with Gasteiger partial charge in [0.2, 0.25) is 0 Å². The number of hydrogen-bond donors (Lipinski definition) is 1. The van der Waals surface area contributed by atoms with Crippen LogP contribution in [0, 0.1) is 5.92 Å². The average molecular weight is 233 g/mol. The standard InChI is InChI=1S/C14H19NO2/c1-4-17-14(16)10-13(11(2)3)15-12-8-6-5-7-9-12/h5-11,15H,4H2,1-3H3. The van der Waals surface area contributed by atoms with Crippen molar-refractivity contribution in [1.82, 2.24) is 0 Å². The van der Waals surface area contributed by atoms with Gasteiger partial charge in [-0.05, 0) is 25.0 Å². The lowest BCUT2D eigenvalue weighted by molar-refractivity contribution is -0.137. The lowest BCUT2D eigenvalue weighted by Gasteiger charge is -2.14. The fraction of sp³-hybridized carbons (Fsp3) is 0.357. The van der Waals surface area contributed by atoms with Gasteiger partial charge in [0.05, 0.1) is 6.61 Å². The van der Waals surface area contributed by atoms with Gasteiger partial charge in [0.25, 0.3) is 0 Å².